The molecule has 2 aromatic carbocycles. The average molecular weight is 332 g/mol. The standard InChI is InChI=1S/C17H16O5S/c1-12-2-8-15(9-3-12)23(21,22)11-10-16(18)13-4-6-14(7-5-13)17(19)20/h2-9H,10-11H2,1H3,(H,19,20). The quantitative estimate of drug-likeness (QED) is 0.822. The second-order valence-corrected chi connectivity index (χ2v) is 7.30. The van der Waals surface area contributed by atoms with Crippen molar-refractivity contribution in [1.29, 1.82) is 0 Å². The first kappa shape index (κ1) is 16.9. The highest BCUT2D eigenvalue weighted by Gasteiger charge is 2.17. The predicted molar refractivity (Wildman–Crippen MR) is 85.6 cm³/mol. The van der Waals surface area contributed by atoms with Gasteiger partial charge in [-0.1, -0.05) is 29.8 Å². The van der Waals surface area contributed by atoms with E-state index in [1.54, 1.807) is 12.1 Å². The molecule has 23 heavy (non-hydrogen) atoms. The van der Waals surface area contributed by atoms with Gasteiger partial charge in [0.1, 0.15) is 0 Å². The van der Waals surface area contributed by atoms with Crippen molar-refractivity contribution in [3.05, 3.63) is 65.2 Å². The number of hydrogen-bond donors (Lipinski definition) is 1. The second-order valence-electron chi connectivity index (χ2n) is 5.19. The van der Waals surface area contributed by atoms with Gasteiger partial charge in [0.25, 0.3) is 0 Å². The monoisotopic (exact) mass is 332 g/mol. The smallest absolute Gasteiger partial charge is 0.335 e. The van der Waals surface area contributed by atoms with Crippen molar-refractivity contribution in [1.82, 2.24) is 0 Å². The van der Waals surface area contributed by atoms with Crippen molar-refractivity contribution in [3.63, 3.8) is 0 Å². The van der Waals surface area contributed by atoms with E-state index < -0.39 is 15.8 Å². The lowest BCUT2D eigenvalue weighted by Crippen LogP contribution is -2.12. The van der Waals surface area contributed by atoms with Gasteiger partial charge in [-0.3, -0.25) is 4.79 Å². The number of ketones is 1. The molecular weight excluding hydrogens is 316 g/mol. The highest BCUT2D eigenvalue weighted by Crippen LogP contribution is 2.15. The van der Waals surface area contributed by atoms with Crippen LogP contribution in [0, 0.1) is 6.92 Å². The van der Waals surface area contributed by atoms with Crippen LogP contribution >= 0.6 is 0 Å². The fourth-order valence-corrected chi connectivity index (χ4v) is 3.27. The number of carbonyl (C=O) groups is 2. The largest absolute Gasteiger partial charge is 0.478 e. The molecule has 0 bridgehead atoms. The number of sulfone groups is 1. The number of hydrogen-bond acceptors (Lipinski definition) is 4. The van der Waals surface area contributed by atoms with Gasteiger partial charge in [0.15, 0.2) is 15.6 Å². The van der Waals surface area contributed by atoms with Crippen molar-refractivity contribution in [2.45, 2.75) is 18.2 Å². The number of aryl methyl sites for hydroxylation is 1. The molecule has 120 valence electrons. The van der Waals surface area contributed by atoms with Crippen molar-refractivity contribution in [2.24, 2.45) is 0 Å². The van der Waals surface area contributed by atoms with Gasteiger partial charge in [-0.25, -0.2) is 13.2 Å². The molecule has 0 aliphatic rings. The van der Waals surface area contributed by atoms with Gasteiger partial charge in [0.05, 0.1) is 16.2 Å². The Morgan fingerprint density at radius 3 is 1.96 bits per heavy atom. The summed E-state index contributed by atoms with van der Waals surface area (Å²) >= 11 is 0. The fourth-order valence-electron chi connectivity index (χ4n) is 2.03. The van der Waals surface area contributed by atoms with Crippen LogP contribution in [0.4, 0.5) is 0 Å². The molecule has 0 aliphatic heterocycles. The number of Topliss-reactive ketones (excluding diaryl/α,β-unsaturated/α-hetero) is 1. The minimum absolute atomic E-state index is 0.0776. The summed E-state index contributed by atoms with van der Waals surface area (Å²) in [5.74, 6) is -1.70. The van der Waals surface area contributed by atoms with Crippen LogP contribution in [-0.4, -0.2) is 31.0 Å². The first-order valence-electron chi connectivity index (χ1n) is 6.95. The molecule has 0 saturated heterocycles. The van der Waals surface area contributed by atoms with Crippen LogP contribution < -0.4 is 0 Å². The molecule has 0 aromatic heterocycles. The van der Waals surface area contributed by atoms with Gasteiger partial charge in [0, 0.05) is 12.0 Å². The number of benzene rings is 2. The second kappa shape index (κ2) is 6.75. The van der Waals surface area contributed by atoms with Gasteiger partial charge in [-0.05, 0) is 31.2 Å². The molecule has 0 amide bonds. The van der Waals surface area contributed by atoms with E-state index in [-0.39, 0.29) is 28.4 Å². The maximum absolute atomic E-state index is 12.2. The number of carboxylic acids is 1. The van der Waals surface area contributed by atoms with Crippen molar-refractivity contribution in [3.8, 4) is 0 Å². The Bertz CT molecular complexity index is 818. The Balaban J connectivity index is 2.06. The van der Waals surface area contributed by atoms with E-state index in [0.717, 1.165) is 5.56 Å². The molecule has 0 heterocycles. The van der Waals surface area contributed by atoms with E-state index in [9.17, 15) is 18.0 Å². The third-order valence-corrected chi connectivity index (χ3v) is 5.16. The molecule has 0 saturated carbocycles. The van der Waals surface area contributed by atoms with Crippen LogP contribution in [0.15, 0.2) is 53.4 Å². The van der Waals surface area contributed by atoms with E-state index in [0.29, 0.717) is 5.56 Å². The van der Waals surface area contributed by atoms with Gasteiger partial charge in [-0.15, -0.1) is 0 Å². The number of carboxylic acid groups (broad SMARTS) is 1. The molecule has 5 nitrogen and oxygen atoms in total. The van der Waals surface area contributed by atoms with Gasteiger partial charge >= 0.3 is 5.97 Å². The zero-order valence-corrected chi connectivity index (χ0v) is 13.3. The third-order valence-electron chi connectivity index (χ3n) is 3.43. The molecule has 2 rings (SSSR count). The Hall–Kier alpha value is -2.47. The van der Waals surface area contributed by atoms with Crippen molar-refractivity contribution >= 4 is 21.6 Å². The summed E-state index contributed by atoms with van der Waals surface area (Å²) in [5.41, 5.74) is 1.33. The molecule has 6 heteroatoms. The van der Waals surface area contributed by atoms with Crippen LogP contribution in [0.25, 0.3) is 0 Å². The third kappa shape index (κ3) is 4.26. The molecule has 0 aliphatic carbocycles. The lowest BCUT2D eigenvalue weighted by Gasteiger charge is -2.05. The lowest BCUT2D eigenvalue weighted by molar-refractivity contribution is 0.0696. The summed E-state index contributed by atoms with van der Waals surface area (Å²) in [7, 11) is -3.52. The SMILES string of the molecule is Cc1ccc(S(=O)(=O)CCC(=O)c2ccc(C(=O)O)cc2)cc1. The summed E-state index contributed by atoms with van der Waals surface area (Å²) in [6.07, 6.45) is -0.150. The number of aromatic carboxylic acids is 1. The summed E-state index contributed by atoms with van der Waals surface area (Å²) in [6, 6.07) is 11.9. The van der Waals surface area contributed by atoms with Gasteiger partial charge < -0.3 is 5.11 Å². The van der Waals surface area contributed by atoms with E-state index >= 15 is 0 Å². The van der Waals surface area contributed by atoms with E-state index in [1.165, 1.54) is 36.4 Å². The predicted octanol–water partition coefficient (Wildman–Crippen LogP) is 2.74. The summed E-state index contributed by atoms with van der Waals surface area (Å²) < 4.78 is 24.4. The topological polar surface area (TPSA) is 88.5 Å². The molecule has 0 fully saturated rings. The normalized spacial score (nSPS) is 11.2. The highest BCUT2D eigenvalue weighted by molar-refractivity contribution is 7.91. The van der Waals surface area contributed by atoms with E-state index in [2.05, 4.69) is 0 Å². The Kier molecular flexibility index (Phi) is 4.95. The van der Waals surface area contributed by atoms with Crippen molar-refractivity contribution in [2.75, 3.05) is 5.75 Å². The first-order chi connectivity index (χ1) is 10.8. The van der Waals surface area contributed by atoms with Gasteiger partial charge in [0.2, 0.25) is 0 Å². The molecular formula is C17H16O5S. The number of carbonyl (C=O) groups excluding carboxylic acids is 1. The summed E-state index contributed by atoms with van der Waals surface area (Å²) in [6.45, 7) is 1.86. The maximum atomic E-state index is 12.2. The molecule has 0 unspecified atom stereocenters. The maximum Gasteiger partial charge on any atom is 0.335 e. The molecule has 1 N–H and O–H groups in total. The Morgan fingerprint density at radius 2 is 1.43 bits per heavy atom. The van der Waals surface area contributed by atoms with Crippen LogP contribution in [-0.2, 0) is 9.84 Å². The zero-order chi connectivity index (χ0) is 17.0. The molecule has 2 aromatic rings. The lowest BCUT2D eigenvalue weighted by atomic mass is 10.1. The van der Waals surface area contributed by atoms with Crippen LogP contribution in [0.1, 0.15) is 32.7 Å². The molecule has 0 atom stereocenters. The summed E-state index contributed by atoms with van der Waals surface area (Å²) in [5, 5.41) is 8.81. The zero-order valence-electron chi connectivity index (χ0n) is 12.5. The van der Waals surface area contributed by atoms with Gasteiger partial charge in [-0.2, -0.15) is 0 Å². The van der Waals surface area contributed by atoms with E-state index in [4.69, 9.17) is 5.11 Å². The summed E-state index contributed by atoms with van der Waals surface area (Å²) in [4.78, 5) is 23.0. The van der Waals surface area contributed by atoms with Crippen LogP contribution in [0.5, 0.6) is 0 Å². The number of rotatable bonds is 6. The molecule has 0 radical (unpaired) electrons. The molecule has 0 spiro atoms. The van der Waals surface area contributed by atoms with Crippen LogP contribution in [0.3, 0.4) is 0 Å². The Labute approximate surface area is 134 Å². The first-order valence-corrected chi connectivity index (χ1v) is 8.61. The fraction of sp³-hybridized carbons (Fsp3) is 0.176. The van der Waals surface area contributed by atoms with Crippen LogP contribution in [0.2, 0.25) is 0 Å². The minimum atomic E-state index is -3.52. The highest BCUT2D eigenvalue weighted by atomic mass is 32.2. The van der Waals surface area contributed by atoms with Crippen molar-refractivity contribution < 1.29 is 23.1 Å². The average Bonchev–Trinajstić information content (AvgIpc) is 2.53. The Morgan fingerprint density at radius 1 is 0.913 bits per heavy atom. The van der Waals surface area contributed by atoms with E-state index in [1.807, 2.05) is 6.92 Å². The minimum Gasteiger partial charge on any atom is -0.478 e.